The number of aromatic nitrogens is 3. The summed E-state index contributed by atoms with van der Waals surface area (Å²) < 4.78 is 20.1. The average Bonchev–Trinajstić information content (AvgIpc) is 2.76. The van der Waals surface area contributed by atoms with Crippen molar-refractivity contribution in [2.75, 3.05) is 36.1 Å². The molecule has 28 heavy (non-hydrogen) atoms. The molecule has 0 unspecified atom stereocenters. The Morgan fingerprint density at radius 1 is 1.07 bits per heavy atom. The van der Waals surface area contributed by atoms with Gasteiger partial charge in [0.15, 0.2) is 0 Å². The molecule has 7 nitrogen and oxygen atoms in total. The molecule has 2 aliphatic rings. The molecular weight excluding hydrogens is 359 g/mol. The summed E-state index contributed by atoms with van der Waals surface area (Å²) in [5, 5.41) is 9.46. The van der Waals surface area contributed by atoms with Gasteiger partial charge < -0.3 is 14.5 Å². The van der Waals surface area contributed by atoms with Crippen LogP contribution in [0.4, 0.5) is 22.0 Å². The Bertz CT molecular complexity index is 858. The normalized spacial score (nSPS) is 17.9. The Labute approximate surface area is 163 Å². The Balaban J connectivity index is 1.78. The first kappa shape index (κ1) is 18.6. The Morgan fingerprint density at radius 3 is 2.54 bits per heavy atom. The lowest BCUT2D eigenvalue weighted by atomic mass is 9.94. The zero-order valence-electron chi connectivity index (χ0n) is 15.7. The van der Waals surface area contributed by atoms with Crippen LogP contribution in [0.3, 0.4) is 0 Å². The first-order chi connectivity index (χ1) is 13.8. The van der Waals surface area contributed by atoms with Crippen molar-refractivity contribution >= 4 is 17.6 Å². The minimum Gasteiger partial charge on any atom is -0.378 e. The highest BCUT2D eigenvalue weighted by Crippen LogP contribution is 2.34. The van der Waals surface area contributed by atoms with Crippen LogP contribution in [0, 0.1) is 17.1 Å². The number of halogens is 1. The van der Waals surface area contributed by atoms with Crippen molar-refractivity contribution in [1.82, 2.24) is 15.0 Å². The quantitative estimate of drug-likeness (QED) is 0.803. The predicted octanol–water partition coefficient (Wildman–Crippen LogP) is 3.19. The second-order valence-electron chi connectivity index (χ2n) is 7.08. The van der Waals surface area contributed by atoms with Crippen LogP contribution < -0.4 is 9.80 Å². The molecule has 0 spiro atoms. The summed E-state index contributed by atoms with van der Waals surface area (Å²) in [6.45, 7) is 2.47. The van der Waals surface area contributed by atoms with Gasteiger partial charge in [-0.2, -0.15) is 20.2 Å². The summed E-state index contributed by atoms with van der Waals surface area (Å²) in [4.78, 5) is 17.1. The van der Waals surface area contributed by atoms with Crippen LogP contribution in [-0.4, -0.2) is 47.3 Å². The number of rotatable bonds is 4. The number of nitrogens with zero attached hydrogens (tertiary/aromatic N) is 6. The van der Waals surface area contributed by atoms with E-state index in [1.54, 1.807) is 12.1 Å². The molecule has 2 fully saturated rings. The van der Waals surface area contributed by atoms with Gasteiger partial charge in [0.2, 0.25) is 17.7 Å². The lowest BCUT2D eigenvalue weighted by Crippen LogP contribution is -2.39. The Morgan fingerprint density at radius 2 is 1.82 bits per heavy atom. The Kier molecular flexibility index (Phi) is 5.63. The van der Waals surface area contributed by atoms with Crippen molar-refractivity contribution in [3.8, 4) is 6.07 Å². The summed E-state index contributed by atoms with van der Waals surface area (Å²) >= 11 is 0. The number of benzene rings is 1. The second-order valence-corrected chi connectivity index (χ2v) is 7.08. The number of hydrogen-bond donors (Lipinski definition) is 0. The standard InChI is InChI=1S/C20H23FN6O/c21-16-8-4-5-9-17(16)27(15-6-2-1-3-7-15)20-24-18(14-22)23-19(25-20)26-10-12-28-13-11-26/h4-5,8-9,15H,1-3,6-7,10-13H2. The third kappa shape index (κ3) is 3.90. The molecule has 1 aliphatic heterocycles. The van der Waals surface area contributed by atoms with Crippen molar-refractivity contribution in [3.63, 3.8) is 0 Å². The van der Waals surface area contributed by atoms with E-state index in [0.717, 1.165) is 25.7 Å². The molecule has 1 aliphatic carbocycles. The minimum absolute atomic E-state index is 0.0450. The van der Waals surface area contributed by atoms with E-state index in [-0.39, 0.29) is 17.7 Å². The van der Waals surface area contributed by atoms with E-state index in [1.807, 2.05) is 21.9 Å². The number of ether oxygens (including phenoxy) is 1. The minimum atomic E-state index is -0.320. The van der Waals surface area contributed by atoms with Gasteiger partial charge in [-0.3, -0.25) is 0 Å². The summed E-state index contributed by atoms with van der Waals surface area (Å²) in [7, 11) is 0. The monoisotopic (exact) mass is 382 g/mol. The number of nitriles is 1. The predicted molar refractivity (Wildman–Crippen MR) is 103 cm³/mol. The number of hydrogen-bond acceptors (Lipinski definition) is 7. The maximum atomic E-state index is 14.7. The van der Waals surface area contributed by atoms with Gasteiger partial charge in [0.25, 0.3) is 0 Å². The number of morpholine rings is 1. The summed E-state index contributed by atoms with van der Waals surface area (Å²) in [5.41, 5.74) is 0.442. The summed E-state index contributed by atoms with van der Waals surface area (Å²) in [6.07, 6.45) is 5.23. The van der Waals surface area contributed by atoms with Crippen LogP contribution in [0.2, 0.25) is 0 Å². The molecule has 2 aromatic rings. The van der Waals surface area contributed by atoms with Gasteiger partial charge in [0.05, 0.1) is 18.9 Å². The maximum Gasteiger partial charge on any atom is 0.238 e. The van der Waals surface area contributed by atoms with Gasteiger partial charge in [-0.05, 0) is 25.0 Å². The smallest absolute Gasteiger partial charge is 0.238 e. The number of para-hydroxylation sites is 1. The van der Waals surface area contributed by atoms with Crippen LogP contribution in [0.1, 0.15) is 37.9 Å². The van der Waals surface area contributed by atoms with Gasteiger partial charge >= 0.3 is 0 Å². The van der Waals surface area contributed by atoms with Crippen molar-refractivity contribution in [3.05, 3.63) is 35.9 Å². The first-order valence-electron chi connectivity index (χ1n) is 9.79. The maximum absolute atomic E-state index is 14.7. The fourth-order valence-electron chi connectivity index (χ4n) is 3.87. The molecule has 1 aromatic carbocycles. The lowest BCUT2D eigenvalue weighted by Gasteiger charge is -2.35. The highest BCUT2D eigenvalue weighted by Gasteiger charge is 2.28. The van der Waals surface area contributed by atoms with Crippen molar-refractivity contribution in [2.45, 2.75) is 38.1 Å². The number of anilines is 3. The fourth-order valence-corrected chi connectivity index (χ4v) is 3.87. The van der Waals surface area contributed by atoms with Crippen molar-refractivity contribution in [1.29, 1.82) is 5.26 Å². The molecular formula is C20H23FN6O. The van der Waals surface area contributed by atoms with Crippen LogP contribution in [0.25, 0.3) is 0 Å². The third-order valence-electron chi connectivity index (χ3n) is 5.27. The van der Waals surface area contributed by atoms with Crippen LogP contribution >= 0.6 is 0 Å². The van der Waals surface area contributed by atoms with E-state index in [4.69, 9.17) is 4.74 Å². The second kappa shape index (κ2) is 8.48. The molecule has 1 aromatic heterocycles. The first-order valence-corrected chi connectivity index (χ1v) is 9.79. The highest BCUT2D eigenvalue weighted by molar-refractivity contribution is 5.60. The van der Waals surface area contributed by atoms with Gasteiger partial charge in [-0.25, -0.2) is 4.39 Å². The van der Waals surface area contributed by atoms with Crippen LogP contribution in [0.5, 0.6) is 0 Å². The molecule has 0 atom stereocenters. The van der Waals surface area contributed by atoms with Gasteiger partial charge in [0, 0.05) is 19.1 Å². The van der Waals surface area contributed by atoms with Crippen LogP contribution in [0.15, 0.2) is 24.3 Å². The average molecular weight is 382 g/mol. The van der Waals surface area contributed by atoms with Crippen molar-refractivity contribution < 1.29 is 9.13 Å². The molecule has 0 N–H and O–H groups in total. The lowest BCUT2D eigenvalue weighted by molar-refractivity contribution is 0.122. The Hall–Kier alpha value is -2.79. The van der Waals surface area contributed by atoms with E-state index in [1.165, 1.54) is 12.5 Å². The molecule has 0 radical (unpaired) electrons. The molecule has 0 amide bonds. The SMILES string of the molecule is N#Cc1nc(N2CCOCC2)nc(N(c2ccccc2F)C2CCCCC2)n1. The zero-order chi connectivity index (χ0) is 19.3. The molecule has 2 heterocycles. The highest BCUT2D eigenvalue weighted by atomic mass is 19.1. The zero-order valence-corrected chi connectivity index (χ0v) is 15.7. The summed E-state index contributed by atoms with van der Waals surface area (Å²) in [5.74, 6) is 0.510. The van der Waals surface area contributed by atoms with E-state index in [9.17, 15) is 9.65 Å². The van der Waals surface area contributed by atoms with Gasteiger partial charge in [0.1, 0.15) is 11.9 Å². The van der Waals surface area contributed by atoms with E-state index < -0.39 is 0 Å². The molecule has 4 rings (SSSR count). The third-order valence-corrected chi connectivity index (χ3v) is 5.27. The molecule has 8 heteroatoms. The fraction of sp³-hybridized carbons (Fsp3) is 0.500. The van der Waals surface area contributed by atoms with Crippen molar-refractivity contribution in [2.24, 2.45) is 0 Å². The largest absolute Gasteiger partial charge is 0.378 e. The molecule has 1 saturated heterocycles. The topological polar surface area (TPSA) is 78.2 Å². The van der Waals surface area contributed by atoms with Gasteiger partial charge in [-0.15, -0.1) is 0 Å². The van der Waals surface area contributed by atoms with Gasteiger partial charge in [-0.1, -0.05) is 31.4 Å². The van der Waals surface area contributed by atoms with E-state index in [2.05, 4.69) is 15.0 Å². The summed E-state index contributed by atoms with van der Waals surface area (Å²) in [6, 6.07) is 8.79. The van der Waals surface area contributed by atoms with E-state index >= 15 is 0 Å². The molecule has 146 valence electrons. The van der Waals surface area contributed by atoms with Crippen LogP contribution in [-0.2, 0) is 4.74 Å². The molecule has 0 bridgehead atoms. The molecule has 1 saturated carbocycles. The van der Waals surface area contributed by atoms with E-state index in [0.29, 0.717) is 43.9 Å².